The van der Waals surface area contributed by atoms with Gasteiger partial charge in [-0.05, 0) is 31.9 Å². The van der Waals surface area contributed by atoms with Crippen LogP contribution in [0, 0.1) is 0 Å². The molecule has 0 aliphatic heterocycles. The number of rotatable bonds is 5. The molecular weight excluding hydrogens is 328 g/mol. The molecule has 2 N–H and O–H groups in total. The number of alkyl halides is 2. The van der Waals surface area contributed by atoms with Gasteiger partial charge in [0.25, 0.3) is 6.43 Å². The van der Waals surface area contributed by atoms with Crippen molar-refractivity contribution in [3.63, 3.8) is 0 Å². The van der Waals surface area contributed by atoms with Crippen LogP contribution in [-0.2, 0) is 4.79 Å². The van der Waals surface area contributed by atoms with Crippen molar-refractivity contribution in [3.05, 3.63) is 47.5 Å². The number of halogens is 2. The number of nitrogens with zero attached hydrogens (tertiary/aromatic N) is 3. The van der Waals surface area contributed by atoms with Crippen LogP contribution in [0.25, 0.3) is 5.65 Å². The molecule has 1 unspecified atom stereocenters. The summed E-state index contributed by atoms with van der Waals surface area (Å²) in [4.78, 5) is 16.7. The van der Waals surface area contributed by atoms with Gasteiger partial charge in [-0.2, -0.15) is 5.10 Å². The number of nitrogens with one attached hydrogen (secondary N) is 2. The van der Waals surface area contributed by atoms with Crippen LogP contribution in [0.4, 0.5) is 14.6 Å². The minimum absolute atomic E-state index is 0.0918. The van der Waals surface area contributed by atoms with E-state index in [0.29, 0.717) is 23.1 Å². The first-order valence-electron chi connectivity index (χ1n) is 8.14. The van der Waals surface area contributed by atoms with Gasteiger partial charge in [0.1, 0.15) is 5.65 Å². The lowest BCUT2D eigenvalue weighted by molar-refractivity contribution is -0.117. The van der Waals surface area contributed by atoms with E-state index in [1.165, 1.54) is 18.3 Å². The van der Waals surface area contributed by atoms with E-state index in [4.69, 9.17) is 0 Å². The summed E-state index contributed by atoms with van der Waals surface area (Å²) in [5.41, 5.74) is 1.85. The molecule has 6 nitrogen and oxygen atoms in total. The Kier molecular flexibility index (Phi) is 3.74. The lowest BCUT2D eigenvalue weighted by Crippen LogP contribution is -2.19. The molecule has 1 aliphatic rings. The number of anilines is 1. The number of amides is 1. The second-order valence-electron chi connectivity index (χ2n) is 6.39. The quantitative estimate of drug-likeness (QED) is 0.742. The van der Waals surface area contributed by atoms with Crippen LogP contribution in [0.15, 0.2) is 30.6 Å². The zero-order chi connectivity index (χ0) is 17.6. The fourth-order valence-corrected chi connectivity index (χ4v) is 2.73. The first-order valence-corrected chi connectivity index (χ1v) is 8.14. The molecule has 25 heavy (non-hydrogen) atoms. The number of pyridine rings is 1. The Morgan fingerprint density at radius 3 is 2.92 bits per heavy atom. The maximum atomic E-state index is 12.8. The number of hydrogen-bond donors (Lipinski definition) is 2. The zero-order valence-electron chi connectivity index (χ0n) is 13.5. The molecule has 3 aromatic rings. The molecule has 0 radical (unpaired) electrons. The Morgan fingerprint density at radius 1 is 1.40 bits per heavy atom. The molecule has 0 spiro atoms. The van der Waals surface area contributed by atoms with E-state index in [1.807, 2.05) is 6.07 Å². The van der Waals surface area contributed by atoms with Crippen LogP contribution in [0.5, 0.6) is 0 Å². The van der Waals surface area contributed by atoms with Crippen LogP contribution in [-0.4, -0.2) is 25.5 Å². The number of aromatic amines is 1. The number of carbonyl (C=O) groups excluding carboxylic acids is 1. The Bertz CT molecular complexity index is 928. The SMILES string of the molecule is CC(C(=O)Nc1cc(C2CC2)[nH]n1)c1cn2ccc(C(F)F)cc2n1. The Balaban J connectivity index is 1.51. The highest BCUT2D eigenvalue weighted by atomic mass is 19.3. The highest BCUT2D eigenvalue weighted by Crippen LogP contribution is 2.39. The van der Waals surface area contributed by atoms with E-state index in [9.17, 15) is 13.6 Å². The van der Waals surface area contributed by atoms with Crippen LogP contribution >= 0.6 is 0 Å². The summed E-state index contributed by atoms with van der Waals surface area (Å²) in [5, 5.41) is 9.80. The topological polar surface area (TPSA) is 75.1 Å². The highest BCUT2D eigenvalue weighted by Gasteiger charge is 2.26. The summed E-state index contributed by atoms with van der Waals surface area (Å²) in [7, 11) is 0. The van der Waals surface area contributed by atoms with Gasteiger partial charge < -0.3 is 9.72 Å². The molecule has 0 aromatic carbocycles. The fourth-order valence-electron chi connectivity index (χ4n) is 2.73. The summed E-state index contributed by atoms with van der Waals surface area (Å²) < 4.78 is 27.2. The average Bonchev–Trinajstić information content (AvgIpc) is 3.18. The van der Waals surface area contributed by atoms with Gasteiger partial charge in [0.05, 0.1) is 11.6 Å². The molecule has 8 heteroatoms. The number of imidazole rings is 1. The summed E-state index contributed by atoms with van der Waals surface area (Å²) in [6.45, 7) is 1.72. The second kappa shape index (κ2) is 5.94. The van der Waals surface area contributed by atoms with Crippen molar-refractivity contribution in [1.82, 2.24) is 19.6 Å². The maximum Gasteiger partial charge on any atom is 0.264 e. The standard InChI is InChI=1S/C17H17F2N5O/c1-9(17(25)21-14-7-12(22-23-14)10-2-3-10)13-8-24-5-4-11(16(18)19)6-15(24)20-13/h4-10,16H,2-3H2,1H3,(H2,21,22,23,25). The lowest BCUT2D eigenvalue weighted by atomic mass is 10.1. The molecule has 1 fully saturated rings. The van der Waals surface area contributed by atoms with E-state index >= 15 is 0 Å². The van der Waals surface area contributed by atoms with Crippen LogP contribution in [0.1, 0.15) is 55.0 Å². The first kappa shape index (κ1) is 15.7. The minimum atomic E-state index is -2.55. The number of carbonyl (C=O) groups is 1. The van der Waals surface area contributed by atoms with Crippen molar-refractivity contribution in [2.24, 2.45) is 0 Å². The van der Waals surface area contributed by atoms with Crippen molar-refractivity contribution in [3.8, 4) is 0 Å². The molecule has 1 atom stereocenters. The van der Waals surface area contributed by atoms with Gasteiger partial charge in [-0.3, -0.25) is 9.89 Å². The largest absolute Gasteiger partial charge is 0.309 e. The number of H-pyrrole nitrogens is 1. The average molecular weight is 345 g/mol. The molecule has 130 valence electrons. The number of aromatic nitrogens is 4. The zero-order valence-corrected chi connectivity index (χ0v) is 13.5. The van der Waals surface area contributed by atoms with Crippen molar-refractivity contribution >= 4 is 17.4 Å². The normalized spacial score (nSPS) is 15.7. The third kappa shape index (κ3) is 3.11. The molecule has 1 amide bonds. The van der Waals surface area contributed by atoms with Gasteiger partial charge in [-0.1, -0.05) is 0 Å². The monoisotopic (exact) mass is 345 g/mol. The maximum absolute atomic E-state index is 12.8. The Morgan fingerprint density at radius 2 is 2.20 bits per heavy atom. The van der Waals surface area contributed by atoms with Crippen LogP contribution in [0.2, 0.25) is 0 Å². The van der Waals surface area contributed by atoms with Gasteiger partial charge >= 0.3 is 0 Å². The van der Waals surface area contributed by atoms with E-state index in [-0.39, 0.29) is 11.5 Å². The van der Waals surface area contributed by atoms with E-state index in [2.05, 4.69) is 20.5 Å². The van der Waals surface area contributed by atoms with Gasteiger partial charge in [-0.15, -0.1) is 0 Å². The summed E-state index contributed by atoms with van der Waals surface area (Å²) >= 11 is 0. The molecule has 0 bridgehead atoms. The molecular formula is C17H17F2N5O. The van der Waals surface area contributed by atoms with Crippen molar-refractivity contribution in [1.29, 1.82) is 0 Å². The Hall–Kier alpha value is -2.77. The highest BCUT2D eigenvalue weighted by molar-refractivity contribution is 5.94. The van der Waals surface area contributed by atoms with E-state index < -0.39 is 12.3 Å². The Labute approximate surface area is 142 Å². The van der Waals surface area contributed by atoms with E-state index in [1.54, 1.807) is 17.5 Å². The van der Waals surface area contributed by atoms with Crippen LogP contribution < -0.4 is 5.32 Å². The summed E-state index contributed by atoms with van der Waals surface area (Å²) in [6.07, 6.45) is 2.94. The molecule has 3 heterocycles. The van der Waals surface area contributed by atoms with E-state index in [0.717, 1.165) is 18.5 Å². The molecule has 3 aromatic heterocycles. The smallest absolute Gasteiger partial charge is 0.264 e. The first-order chi connectivity index (χ1) is 12.0. The van der Waals surface area contributed by atoms with Crippen molar-refractivity contribution in [2.45, 2.75) is 38.0 Å². The van der Waals surface area contributed by atoms with Gasteiger partial charge in [0.15, 0.2) is 5.82 Å². The third-order valence-corrected chi connectivity index (χ3v) is 4.46. The molecule has 0 saturated heterocycles. The van der Waals surface area contributed by atoms with Gasteiger partial charge in [0, 0.05) is 35.6 Å². The van der Waals surface area contributed by atoms with Gasteiger partial charge in [0.2, 0.25) is 5.91 Å². The molecule has 1 saturated carbocycles. The number of hydrogen-bond acceptors (Lipinski definition) is 3. The minimum Gasteiger partial charge on any atom is -0.309 e. The predicted molar refractivity (Wildman–Crippen MR) is 87.8 cm³/mol. The molecule has 1 aliphatic carbocycles. The third-order valence-electron chi connectivity index (χ3n) is 4.46. The van der Waals surface area contributed by atoms with Crippen molar-refractivity contribution < 1.29 is 13.6 Å². The van der Waals surface area contributed by atoms with Gasteiger partial charge in [-0.25, -0.2) is 13.8 Å². The second-order valence-corrected chi connectivity index (χ2v) is 6.39. The van der Waals surface area contributed by atoms with Crippen LogP contribution in [0.3, 0.4) is 0 Å². The summed E-state index contributed by atoms with van der Waals surface area (Å²) in [6, 6.07) is 4.52. The number of fused-ring (bicyclic) bond motifs is 1. The summed E-state index contributed by atoms with van der Waals surface area (Å²) in [5.74, 6) is 0.239. The van der Waals surface area contributed by atoms with Crippen molar-refractivity contribution in [2.75, 3.05) is 5.32 Å². The molecule has 4 rings (SSSR count). The predicted octanol–water partition coefficient (Wildman–Crippen LogP) is 3.61. The fraction of sp³-hybridized carbons (Fsp3) is 0.353. The lowest BCUT2D eigenvalue weighted by Gasteiger charge is -2.07.